The molecule has 3 aromatic rings. The number of fused-ring (bicyclic) bond motifs is 1. The lowest BCUT2D eigenvalue weighted by Gasteiger charge is -2.17. The largest absolute Gasteiger partial charge is 0.376 e. The van der Waals surface area contributed by atoms with Crippen molar-refractivity contribution in [2.75, 3.05) is 11.9 Å². The number of imidazole rings is 1. The zero-order chi connectivity index (χ0) is 19.0. The average Bonchev–Trinajstić information content (AvgIpc) is 3.37. The second kappa shape index (κ2) is 7.19. The minimum atomic E-state index is -0.00143. The van der Waals surface area contributed by atoms with Crippen molar-refractivity contribution in [3.05, 3.63) is 35.5 Å². The first-order valence-electron chi connectivity index (χ1n) is 9.64. The Kier molecular flexibility index (Phi) is 4.74. The van der Waals surface area contributed by atoms with E-state index in [2.05, 4.69) is 28.7 Å². The topological polar surface area (TPSA) is 71.9 Å². The Hall–Kier alpha value is -2.60. The van der Waals surface area contributed by atoms with Gasteiger partial charge >= 0.3 is 0 Å². The molecule has 1 aliphatic rings. The minimum absolute atomic E-state index is 0.00143. The smallest absolute Gasteiger partial charge is 0.225 e. The number of aromatic amines is 1. The van der Waals surface area contributed by atoms with Crippen LogP contribution in [-0.2, 0) is 16.1 Å². The molecule has 0 bridgehead atoms. The Morgan fingerprint density at radius 1 is 1.37 bits per heavy atom. The van der Waals surface area contributed by atoms with E-state index in [4.69, 9.17) is 9.72 Å². The Balaban J connectivity index is 1.84. The number of H-pyrrole nitrogens is 1. The quantitative estimate of drug-likeness (QED) is 0.712. The van der Waals surface area contributed by atoms with Crippen molar-refractivity contribution in [2.45, 2.75) is 52.7 Å². The van der Waals surface area contributed by atoms with Crippen molar-refractivity contribution >= 4 is 22.8 Å². The fourth-order valence-corrected chi connectivity index (χ4v) is 3.80. The van der Waals surface area contributed by atoms with E-state index in [0.717, 1.165) is 65.5 Å². The summed E-state index contributed by atoms with van der Waals surface area (Å²) in [6, 6.07) is 7.98. The van der Waals surface area contributed by atoms with Crippen LogP contribution in [0.25, 0.3) is 22.4 Å². The number of nitrogens with one attached hydrogen (secondary N) is 2. The SMILES string of the molecule is CCC(=O)Nc1c(-c2nc3ccccc3[nH]2)c(C)c(C)n1C[C@H]1CCCO1. The van der Waals surface area contributed by atoms with Crippen molar-refractivity contribution in [3.63, 3.8) is 0 Å². The molecule has 1 amide bonds. The highest BCUT2D eigenvalue weighted by Gasteiger charge is 2.25. The monoisotopic (exact) mass is 366 g/mol. The number of carbonyl (C=O) groups excluding carboxylic acids is 1. The maximum Gasteiger partial charge on any atom is 0.225 e. The van der Waals surface area contributed by atoms with E-state index >= 15 is 0 Å². The molecular weight excluding hydrogens is 340 g/mol. The van der Waals surface area contributed by atoms with Crippen LogP contribution in [0.5, 0.6) is 0 Å². The lowest BCUT2D eigenvalue weighted by Crippen LogP contribution is -2.20. The molecule has 2 aromatic heterocycles. The van der Waals surface area contributed by atoms with Crippen molar-refractivity contribution in [1.82, 2.24) is 14.5 Å². The highest BCUT2D eigenvalue weighted by atomic mass is 16.5. The van der Waals surface area contributed by atoms with Crippen LogP contribution in [0.3, 0.4) is 0 Å². The number of hydrogen-bond donors (Lipinski definition) is 2. The predicted molar refractivity (Wildman–Crippen MR) is 107 cm³/mol. The van der Waals surface area contributed by atoms with Gasteiger partial charge in [0.05, 0.1) is 29.2 Å². The number of hydrogen-bond acceptors (Lipinski definition) is 3. The first-order valence-corrected chi connectivity index (χ1v) is 9.64. The molecule has 0 saturated carbocycles. The summed E-state index contributed by atoms with van der Waals surface area (Å²) >= 11 is 0. The molecule has 6 nitrogen and oxygen atoms in total. The number of carbonyl (C=O) groups is 1. The van der Waals surface area contributed by atoms with Crippen molar-refractivity contribution in [2.24, 2.45) is 0 Å². The van der Waals surface area contributed by atoms with E-state index in [-0.39, 0.29) is 12.0 Å². The van der Waals surface area contributed by atoms with Crippen LogP contribution >= 0.6 is 0 Å². The molecule has 1 aromatic carbocycles. The summed E-state index contributed by atoms with van der Waals surface area (Å²) in [6.45, 7) is 7.61. The molecule has 6 heteroatoms. The molecule has 4 rings (SSSR count). The van der Waals surface area contributed by atoms with Crippen LogP contribution in [0.4, 0.5) is 5.82 Å². The summed E-state index contributed by atoms with van der Waals surface area (Å²) in [7, 11) is 0. The number of benzene rings is 1. The Labute approximate surface area is 158 Å². The maximum atomic E-state index is 12.3. The molecule has 3 heterocycles. The van der Waals surface area contributed by atoms with Gasteiger partial charge < -0.3 is 19.6 Å². The van der Waals surface area contributed by atoms with Crippen LogP contribution in [0.2, 0.25) is 0 Å². The average molecular weight is 366 g/mol. The lowest BCUT2D eigenvalue weighted by molar-refractivity contribution is -0.115. The van der Waals surface area contributed by atoms with Gasteiger partial charge in [0.2, 0.25) is 5.91 Å². The standard InChI is InChI=1S/C21H26N4O2/c1-4-18(26)24-21-19(20-22-16-9-5-6-10-17(16)23-20)13(2)14(3)25(21)12-15-8-7-11-27-15/h5-6,9-10,15H,4,7-8,11-12H2,1-3H3,(H,22,23)(H,24,26)/t15-/m1/s1. The number of para-hydroxylation sites is 2. The maximum absolute atomic E-state index is 12.3. The summed E-state index contributed by atoms with van der Waals surface area (Å²) in [4.78, 5) is 20.4. The number of anilines is 1. The van der Waals surface area contributed by atoms with Gasteiger partial charge in [-0.2, -0.15) is 0 Å². The number of amides is 1. The van der Waals surface area contributed by atoms with Crippen LogP contribution in [0, 0.1) is 13.8 Å². The van der Waals surface area contributed by atoms with Crippen molar-refractivity contribution < 1.29 is 9.53 Å². The number of ether oxygens (including phenoxy) is 1. The molecule has 1 aliphatic heterocycles. The van der Waals surface area contributed by atoms with Gasteiger partial charge in [-0.15, -0.1) is 0 Å². The van der Waals surface area contributed by atoms with E-state index in [0.29, 0.717) is 6.42 Å². The minimum Gasteiger partial charge on any atom is -0.376 e. The molecule has 0 aliphatic carbocycles. The third-order valence-electron chi connectivity index (χ3n) is 5.44. The van der Waals surface area contributed by atoms with E-state index in [1.54, 1.807) is 0 Å². The zero-order valence-electron chi connectivity index (χ0n) is 16.1. The Morgan fingerprint density at radius 3 is 2.89 bits per heavy atom. The van der Waals surface area contributed by atoms with E-state index in [1.807, 2.05) is 31.2 Å². The Morgan fingerprint density at radius 2 is 2.19 bits per heavy atom. The van der Waals surface area contributed by atoms with Crippen molar-refractivity contribution in [1.29, 1.82) is 0 Å². The number of aromatic nitrogens is 3. The van der Waals surface area contributed by atoms with Crippen LogP contribution < -0.4 is 5.32 Å². The first kappa shape index (κ1) is 17.8. The zero-order valence-corrected chi connectivity index (χ0v) is 16.1. The molecule has 1 fully saturated rings. The summed E-state index contributed by atoms with van der Waals surface area (Å²) in [5.74, 6) is 1.60. The third kappa shape index (κ3) is 3.25. The number of rotatable bonds is 5. The molecule has 27 heavy (non-hydrogen) atoms. The molecule has 0 unspecified atom stereocenters. The second-order valence-electron chi connectivity index (χ2n) is 7.18. The van der Waals surface area contributed by atoms with Gasteiger partial charge in [-0.05, 0) is 44.4 Å². The van der Waals surface area contributed by atoms with Gasteiger partial charge in [0.1, 0.15) is 11.6 Å². The molecule has 142 valence electrons. The van der Waals surface area contributed by atoms with Gasteiger partial charge in [0.25, 0.3) is 0 Å². The fourth-order valence-electron chi connectivity index (χ4n) is 3.80. The van der Waals surface area contributed by atoms with Gasteiger partial charge in [0.15, 0.2) is 0 Å². The van der Waals surface area contributed by atoms with Gasteiger partial charge in [-0.25, -0.2) is 4.98 Å². The van der Waals surface area contributed by atoms with Crippen LogP contribution in [0.15, 0.2) is 24.3 Å². The van der Waals surface area contributed by atoms with E-state index in [1.165, 1.54) is 0 Å². The number of nitrogens with zero attached hydrogens (tertiary/aromatic N) is 2. The fraction of sp³-hybridized carbons (Fsp3) is 0.429. The highest BCUT2D eigenvalue weighted by molar-refractivity contribution is 5.95. The van der Waals surface area contributed by atoms with Crippen LogP contribution in [-0.4, -0.2) is 33.2 Å². The summed E-state index contributed by atoms with van der Waals surface area (Å²) in [5, 5.41) is 3.12. The second-order valence-corrected chi connectivity index (χ2v) is 7.18. The molecule has 2 N–H and O–H groups in total. The van der Waals surface area contributed by atoms with Crippen LogP contribution in [0.1, 0.15) is 37.4 Å². The molecule has 1 atom stereocenters. The summed E-state index contributed by atoms with van der Waals surface area (Å²) in [6.07, 6.45) is 2.77. The summed E-state index contributed by atoms with van der Waals surface area (Å²) in [5.41, 5.74) is 5.13. The van der Waals surface area contributed by atoms with E-state index < -0.39 is 0 Å². The normalized spacial score (nSPS) is 16.9. The highest BCUT2D eigenvalue weighted by Crippen LogP contribution is 2.36. The molecule has 0 radical (unpaired) electrons. The molecule has 0 spiro atoms. The third-order valence-corrected chi connectivity index (χ3v) is 5.44. The lowest BCUT2D eigenvalue weighted by atomic mass is 10.1. The predicted octanol–water partition coefficient (Wildman–Crippen LogP) is 4.18. The van der Waals surface area contributed by atoms with E-state index in [9.17, 15) is 4.79 Å². The van der Waals surface area contributed by atoms with Crippen molar-refractivity contribution in [3.8, 4) is 11.4 Å². The van der Waals surface area contributed by atoms with Gasteiger partial charge in [-0.1, -0.05) is 19.1 Å². The summed E-state index contributed by atoms with van der Waals surface area (Å²) < 4.78 is 8.03. The van der Waals surface area contributed by atoms with Gasteiger partial charge in [0, 0.05) is 18.7 Å². The molecule has 1 saturated heterocycles. The molecular formula is C21H26N4O2. The first-order chi connectivity index (χ1) is 13.1. The van der Waals surface area contributed by atoms with Gasteiger partial charge in [-0.3, -0.25) is 4.79 Å². The Bertz CT molecular complexity index is 947.